The fourth-order valence-electron chi connectivity index (χ4n) is 3.55. The Bertz CT molecular complexity index is 984. The van der Waals surface area contributed by atoms with Crippen molar-refractivity contribution in [3.63, 3.8) is 0 Å². The van der Waals surface area contributed by atoms with E-state index in [-0.39, 0.29) is 11.9 Å². The smallest absolute Gasteiger partial charge is 0.165 e. The van der Waals surface area contributed by atoms with E-state index < -0.39 is 5.82 Å². The predicted molar refractivity (Wildman–Crippen MR) is 101 cm³/mol. The third kappa shape index (κ3) is 3.32. The quantitative estimate of drug-likeness (QED) is 0.701. The molecular weight excluding hydrogens is 345 g/mol. The number of halogens is 1. The molecule has 0 fully saturated rings. The number of aromatic nitrogens is 3. The molecule has 0 unspecified atom stereocenters. The third-order valence-electron chi connectivity index (χ3n) is 4.83. The van der Waals surface area contributed by atoms with Crippen LogP contribution >= 0.6 is 0 Å². The molecule has 5 nitrogen and oxygen atoms in total. The van der Waals surface area contributed by atoms with Crippen molar-refractivity contribution < 1.29 is 13.9 Å². The summed E-state index contributed by atoms with van der Waals surface area (Å²) in [4.78, 5) is 9.20. The second kappa shape index (κ2) is 7.12. The van der Waals surface area contributed by atoms with Crippen LogP contribution in [0.15, 0.2) is 36.5 Å². The number of hydrogen-bond donors (Lipinski definition) is 0. The lowest BCUT2D eigenvalue weighted by atomic mass is 10.1. The average Bonchev–Trinajstić information content (AvgIpc) is 2.88. The second-order valence-corrected chi connectivity index (χ2v) is 6.81. The number of pyridine rings is 1. The molecule has 0 saturated carbocycles. The van der Waals surface area contributed by atoms with E-state index in [4.69, 9.17) is 14.5 Å². The minimum absolute atomic E-state index is 0.0642. The molecule has 27 heavy (non-hydrogen) atoms. The van der Waals surface area contributed by atoms with Crippen molar-refractivity contribution >= 4 is 0 Å². The lowest BCUT2D eigenvalue weighted by Crippen LogP contribution is -2.15. The molecule has 2 aromatic heterocycles. The Balaban J connectivity index is 1.90. The van der Waals surface area contributed by atoms with Crippen LogP contribution in [-0.2, 0) is 17.7 Å². The lowest BCUT2D eigenvalue weighted by Gasteiger charge is -2.13. The molecule has 1 atom stereocenters. The monoisotopic (exact) mass is 367 g/mol. The number of aryl methyl sites for hydroxylation is 1. The molecule has 0 spiro atoms. The molecule has 140 valence electrons. The molecule has 3 heterocycles. The molecule has 3 aromatic rings. The Morgan fingerprint density at radius 1 is 1.22 bits per heavy atom. The summed E-state index contributed by atoms with van der Waals surface area (Å²) in [7, 11) is 1.46. The van der Waals surface area contributed by atoms with Crippen molar-refractivity contribution in [2.75, 3.05) is 13.7 Å². The van der Waals surface area contributed by atoms with Gasteiger partial charge < -0.3 is 14.0 Å². The molecule has 1 aliphatic heterocycles. The fraction of sp³-hybridized carbons (Fsp3) is 0.333. The first-order valence-corrected chi connectivity index (χ1v) is 9.04. The first kappa shape index (κ1) is 17.7. The summed E-state index contributed by atoms with van der Waals surface area (Å²) in [5.74, 6) is 0.572. The maximum absolute atomic E-state index is 14.3. The number of benzene rings is 1. The van der Waals surface area contributed by atoms with E-state index in [0.717, 1.165) is 40.5 Å². The van der Waals surface area contributed by atoms with Gasteiger partial charge in [-0.1, -0.05) is 0 Å². The normalized spacial score (nSPS) is 16.7. The summed E-state index contributed by atoms with van der Waals surface area (Å²) in [5.41, 5.74) is 4.69. The minimum Gasteiger partial charge on any atom is -0.494 e. The molecule has 0 aliphatic carbocycles. The third-order valence-corrected chi connectivity index (χ3v) is 4.83. The van der Waals surface area contributed by atoms with E-state index in [1.807, 2.05) is 32.0 Å². The highest BCUT2D eigenvalue weighted by molar-refractivity contribution is 5.69. The van der Waals surface area contributed by atoms with Gasteiger partial charge in [0, 0.05) is 35.1 Å². The summed E-state index contributed by atoms with van der Waals surface area (Å²) in [5, 5.41) is 0. The van der Waals surface area contributed by atoms with Crippen molar-refractivity contribution in [1.29, 1.82) is 0 Å². The van der Waals surface area contributed by atoms with E-state index in [9.17, 15) is 4.39 Å². The largest absolute Gasteiger partial charge is 0.494 e. The van der Waals surface area contributed by atoms with Crippen molar-refractivity contribution in [3.8, 4) is 28.4 Å². The van der Waals surface area contributed by atoms with Crippen LogP contribution in [0.3, 0.4) is 0 Å². The van der Waals surface area contributed by atoms with Gasteiger partial charge in [0.1, 0.15) is 5.82 Å². The molecule has 0 amide bonds. The number of methoxy groups -OCH3 is 1. The van der Waals surface area contributed by atoms with Gasteiger partial charge in [0.2, 0.25) is 0 Å². The predicted octanol–water partition coefficient (Wildman–Crippen LogP) is 4.03. The van der Waals surface area contributed by atoms with Crippen LogP contribution in [0.2, 0.25) is 0 Å². The van der Waals surface area contributed by atoms with Gasteiger partial charge in [-0.2, -0.15) is 0 Å². The molecule has 4 rings (SSSR count). The number of fused-ring (bicyclic) bond motifs is 1. The van der Waals surface area contributed by atoms with Crippen molar-refractivity contribution in [1.82, 2.24) is 14.5 Å². The van der Waals surface area contributed by atoms with Crippen molar-refractivity contribution in [2.45, 2.75) is 32.9 Å². The number of hydrogen-bond acceptors (Lipinski definition) is 4. The Morgan fingerprint density at radius 2 is 2.07 bits per heavy atom. The van der Waals surface area contributed by atoms with Gasteiger partial charge >= 0.3 is 0 Å². The molecule has 0 saturated heterocycles. The molecule has 6 heteroatoms. The van der Waals surface area contributed by atoms with E-state index in [1.54, 1.807) is 12.3 Å². The molecule has 1 aliphatic rings. The van der Waals surface area contributed by atoms with E-state index in [2.05, 4.69) is 9.55 Å². The van der Waals surface area contributed by atoms with Gasteiger partial charge in [-0.25, -0.2) is 9.37 Å². The van der Waals surface area contributed by atoms with Crippen molar-refractivity contribution in [2.24, 2.45) is 0 Å². The van der Waals surface area contributed by atoms with Crippen LogP contribution in [0.1, 0.15) is 18.3 Å². The van der Waals surface area contributed by atoms with Gasteiger partial charge in [-0.05, 0) is 44.2 Å². The summed E-state index contributed by atoms with van der Waals surface area (Å²) in [6.45, 7) is 5.32. The Kier molecular flexibility index (Phi) is 4.66. The van der Waals surface area contributed by atoms with Crippen LogP contribution in [0.4, 0.5) is 4.39 Å². The highest BCUT2D eigenvalue weighted by atomic mass is 19.1. The summed E-state index contributed by atoms with van der Waals surface area (Å²) in [6.07, 6.45) is 2.61. The topological polar surface area (TPSA) is 49.2 Å². The Hall–Kier alpha value is -2.73. The lowest BCUT2D eigenvalue weighted by molar-refractivity contribution is 0.0666. The number of ether oxygens (including phenoxy) is 2. The zero-order chi connectivity index (χ0) is 19.0. The number of nitrogens with zero attached hydrogens (tertiary/aromatic N) is 3. The van der Waals surface area contributed by atoms with Gasteiger partial charge in [0.25, 0.3) is 0 Å². The van der Waals surface area contributed by atoms with Crippen LogP contribution in [0, 0.1) is 12.7 Å². The first-order valence-electron chi connectivity index (χ1n) is 9.04. The number of rotatable bonds is 3. The summed E-state index contributed by atoms with van der Waals surface area (Å²) in [6, 6.07) is 8.95. The minimum atomic E-state index is -0.397. The van der Waals surface area contributed by atoms with Crippen LogP contribution in [0.25, 0.3) is 22.6 Å². The molecule has 0 bridgehead atoms. The molecular formula is C21H22FN3O2. The van der Waals surface area contributed by atoms with Crippen LogP contribution < -0.4 is 4.74 Å². The average molecular weight is 367 g/mol. The standard InChI is InChI=1S/C21H22FN3O2/c1-13-10-15(6-8-23-13)20-18-7-9-27-14(2)12-25(18)21(24-20)16-4-5-19(26-3)17(22)11-16/h4-6,8,10-11,14H,7,9,12H2,1-3H3/t14-/m1/s1. The maximum Gasteiger partial charge on any atom is 0.165 e. The highest BCUT2D eigenvalue weighted by Crippen LogP contribution is 2.33. The second-order valence-electron chi connectivity index (χ2n) is 6.81. The molecule has 1 aromatic carbocycles. The number of imidazole rings is 1. The summed E-state index contributed by atoms with van der Waals surface area (Å²) >= 11 is 0. The zero-order valence-electron chi connectivity index (χ0n) is 15.7. The zero-order valence-corrected chi connectivity index (χ0v) is 15.7. The van der Waals surface area contributed by atoms with Gasteiger partial charge in [-0.15, -0.1) is 0 Å². The summed E-state index contributed by atoms with van der Waals surface area (Å²) < 4.78 is 27.4. The SMILES string of the molecule is COc1ccc(-c2nc(-c3ccnc(C)c3)c3n2C[C@@H](C)OCC3)cc1F. The van der Waals surface area contributed by atoms with Gasteiger partial charge in [0.05, 0.1) is 32.1 Å². The highest BCUT2D eigenvalue weighted by Gasteiger charge is 2.24. The molecule has 0 radical (unpaired) electrons. The fourth-order valence-corrected chi connectivity index (χ4v) is 3.55. The van der Waals surface area contributed by atoms with E-state index in [1.165, 1.54) is 13.2 Å². The Labute approximate surface area is 157 Å². The van der Waals surface area contributed by atoms with E-state index >= 15 is 0 Å². The molecule has 0 N–H and O–H groups in total. The Morgan fingerprint density at radius 3 is 2.81 bits per heavy atom. The van der Waals surface area contributed by atoms with Gasteiger partial charge in [0.15, 0.2) is 11.6 Å². The van der Waals surface area contributed by atoms with Crippen LogP contribution in [0.5, 0.6) is 5.75 Å². The first-order chi connectivity index (χ1) is 13.1. The van der Waals surface area contributed by atoms with Crippen molar-refractivity contribution in [3.05, 3.63) is 53.7 Å². The maximum atomic E-state index is 14.3. The van der Waals surface area contributed by atoms with Crippen LogP contribution in [-0.4, -0.2) is 34.4 Å². The van der Waals surface area contributed by atoms with Gasteiger partial charge in [-0.3, -0.25) is 4.98 Å². The van der Waals surface area contributed by atoms with E-state index in [0.29, 0.717) is 13.2 Å².